The molecule has 0 bridgehead atoms. The van der Waals surface area contributed by atoms with Crippen LogP contribution in [0.4, 0.5) is 13.2 Å². The number of rotatable bonds is 4. The van der Waals surface area contributed by atoms with E-state index in [1.807, 2.05) is 6.92 Å². The fraction of sp³-hybridized carbons (Fsp3) is 0.200. The Hall–Kier alpha value is -1.33. The fourth-order valence-corrected chi connectivity index (χ4v) is 2.40. The van der Waals surface area contributed by atoms with Gasteiger partial charge in [0.1, 0.15) is 5.82 Å². The predicted molar refractivity (Wildman–Crippen MR) is 76.0 cm³/mol. The van der Waals surface area contributed by atoms with E-state index >= 15 is 0 Å². The van der Waals surface area contributed by atoms with Gasteiger partial charge in [-0.1, -0.05) is 41.1 Å². The van der Waals surface area contributed by atoms with E-state index in [2.05, 4.69) is 21.2 Å². The fourth-order valence-electron chi connectivity index (χ4n) is 2.07. The lowest BCUT2D eigenvalue weighted by molar-refractivity contribution is 0.477. The topological polar surface area (TPSA) is 12.0 Å². The van der Waals surface area contributed by atoms with Crippen LogP contribution in [-0.2, 0) is 0 Å². The molecule has 0 fully saturated rings. The standard InChI is InChI=1S/C15H13BrF3N/c1-2-20-15(10-7-6-9(16)8-13(10)18)11-4-3-5-12(17)14(11)19/h3-8,15,20H,2H2,1H3. The zero-order valence-electron chi connectivity index (χ0n) is 10.8. The van der Waals surface area contributed by atoms with Gasteiger partial charge in [-0.2, -0.15) is 0 Å². The molecule has 2 aromatic rings. The summed E-state index contributed by atoms with van der Waals surface area (Å²) in [6, 6.07) is 7.69. The summed E-state index contributed by atoms with van der Waals surface area (Å²) in [5, 5.41) is 2.98. The van der Waals surface area contributed by atoms with Crippen molar-refractivity contribution in [2.75, 3.05) is 6.54 Å². The Bertz CT molecular complexity index is 616. The number of benzene rings is 2. The molecule has 20 heavy (non-hydrogen) atoms. The average molecular weight is 344 g/mol. The average Bonchev–Trinajstić information content (AvgIpc) is 2.40. The highest BCUT2D eigenvalue weighted by Crippen LogP contribution is 2.29. The second-order valence-electron chi connectivity index (χ2n) is 4.30. The molecule has 2 rings (SSSR count). The van der Waals surface area contributed by atoms with Gasteiger partial charge in [0.05, 0.1) is 6.04 Å². The van der Waals surface area contributed by atoms with Gasteiger partial charge in [0, 0.05) is 15.6 Å². The van der Waals surface area contributed by atoms with Crippen LogP contribution in [0.2, 0.25) is 0 Å². The summed E-state index contributed by atoms with van der Waals surface area (Å²) >= 11 is 3.17. The monoisotopic (exact) mass is 343 g/mol. The van der Waals surface area contributed by atoms with E-state index in [0.29, 0.717) is 11.0 Å². The molecule has 0 aromatic heterocycles. The molecule has 0 amide bonds. The van der Waals surface area contributed by atoms with Gasteiger partial charge in [-0.3, -0.25) is 0 Å². The highest BCUT2D eigenvalue weighted by Gasteiger charge is 2.22. The quantitative estimate of drug-likeness (QED) is 0.857. The molecule has 1 atom stereocenters. The van der Waals surface area contributed by atoms with Crippen molar-refractivity contribution in [2.24, 2.45) is 0 Å². The van der Waals surface area contributed by atoms with E-state index in [1.165, 1.54) is 18.2 Å². The summed E-state index contributed by atoms with van der Waals surface area (Å²) in [6.45, 7) is 2.32. The first-order valence-electron chi connectivity index (χ1n) is 6.16. The molecule has 0 radical (unpaired) electrons. The largest absolute Gasteiger partial charge is 0.306 e. The van der Waals surface area contributed by atoms with E-state index in [4.69, 9.17) is 0 Å². The molecule has 0 aliphatic carbocycles. The van der Waals surface area contributed by atoms with Crippen molar-refractivity contribution in [3.8, 4) is 0 Å². The summed E-state index contributed by atoms with van der Waals surface area (Å²) in [7, 11) is 0. The number of halogens is 4. The lowest BCUT2D eigenvalue weighted by Gasteiger charge is -2.20. The Morgan fingerprint density at radius 3 is 2.45 bits per heavy atom. The van der Waals surface area contributed by atoms with Gasteiger partial charge in [-0.25, -0.2) is 13.2 Å². The molecule has 2 aromatic carbocycles. The maximum Gasteiger partial charge on any atom is 0.163 e. The van der Waals surface area contributed by atoms with Crippen LogP contribution in [0.5, 0.6) is 0 Å². The van der Waals surface area contributed by atoms with Gasteiger partial charge in [-0.15, -0.1) is 0 Å². The van der Waals surface area contributed by atoms with Crippen molar-refractivity contribution in [3.05, 3.63) is 69.4 Å². The number of nitrogens with one attached hydrogen (secondary N) is 1. The molecule has 1 nitrogen and oxygen atoms in total. The molecule has 0 aliphatic rings. The van der Waals surface area contributed by atoms with Gasteiger partial charge in [0.2, 0.25) is 0 Å². The minimum Gasteiger partial charge on any atom is -0.306 e. The predicted octanol–water partition coefficient (Wildman–Crippen LogP) is 4.57. The van der Waals surface area contributed by atoms with Crippen LogP contribution >= 0.6 is 15.9 Å². The van der Waals surface area contributed by atoms with Crippen LogP contribution < -0.4 is 5.32 Å². The third-order valence-electron chi connectivity index (χ3n) is 2.97. The molecule has 0 saturated carbocycles. The van der Waals surface area contributed by atoms with Crippen molar-refractivity contribution in [2.45, 2.75) is 13.0 Å². The number of hydrogen-bond donors (Lipinski definition) is 1. The van der Waals surface area contributed by atoms with Crippen molar-refractivity contribution in [1.82, 2.24) is 5.32 Å². The zero-order valence-corrected chi connectivity index (χ0v) is 12.3. The summed E-state index contributed by atoms with van der Waals surface area (Å²) < 4.78 is 41.9. The molecular formula is C15H13BrF3N. The highest BCUT2D eigenvalue weighted by atomic mass is 79.9. The van der Waals surface area contributed by atoms with Gasteiger partial charge in [0.15, 0.2) is 11.6 Å². The first kappa shape index (κ1) is 15.1. The minimum absolute atomic E-state index is 0.0908. The molecule has 1 unspecified atom stereocenters. The third-order valence-corrected chi connectivity index (χ3v) is 3.47. The SMILES string of the molecule is CCNC(c1ccc(Br)cc1F)c1cccc(F)c1F. The van der Waals surface area contributed by atoms with Gasteiger partial charge in [0.25, 0.3) is 0 Å². The lowest BCUT2D eigenvalue weighted by atomic mass is 9.97. The Morgan fingerprint density at radius 1 is 1.05 bits per heavy atom. The maximum atomic E-state index is 14.1. The second-order valence-corrected chi connectivity index (χ2v) is 5.22. The third kappa shape index (κ3) is 3.04. The summed E-state index contributed by atoms with van der Waals surface area (Å²) in [6.07, 6.45) is 0. The van der Waals surface area contributed by atoms with Crippen molar-refractivity contribution >= 4 is 15.9 Å². The zero-order chi connectivity index (χ0) is 14.7. The van der Waals surface area contributed by atoms with Crippen LogP contribution in [0.25, 0.3) is 0 Å². The summed E-state index contributed by atoms with van der Waals surface area (Å²) in [5.41, 5.74) is 0.368. The van der Waals surface area contributed by atoms with E-state index in [0.717, 1.165) is 6.07 Å². The minimum atomic E-state index is -0.958. The Kier molecular flexibility index (Phi) is 4.83. The molecule has 0 aliphatic heterocycles. The van der Waals surface area contributed by atoms with Crippen molar-refractivity contribution in [3.63, 3.8) is 0 Å². The normalized spacial score (nSPS) is 12.4. The molecule has 0 saturated heterocycles. The van der Waals surface area contributed by atoms with Crippen LogP contribution in [-0.4, -0.2) is 6.54 Å². The van der Waals surface area contributed by atoms with E-state index in [-0.39, 0.29) is 11.1 Å². The Balaban J connectivity index is 2.53. The molecule has 0 spiro atoms. The number of hydrogen-bond acceptors (Lipinski definition) is 1. The van der Waals surface area contributed by atoms with Crippen LogP contribution in [0.15, 0.2) is 40.9 Å². The van der Waals surface area contributed by atoms with Gasteiger partial charge < -0.3 is 5.32 Å². The molecule has 0 heterocycles. The smallest absolute Gasteiger partial charge is 0.163 e. The van der Waals surface area contributed by atoms with Gasteiger partial charge in [-0.05, 0) is 24.7 Å². The maximum absolute atomic E-state index is 14.1. The lowest BCUT2D eigenvalue weighted by Crippen LogP contribution is -2.24. The van der Waals surface area contributed by atoms with Crippen LogP contribution in [0, 0.1) is 17.5 Å². The molecular weight excluding hydrogens is 331 g/mol. The van der Waals surface area contributed by atoms with Crippen molar-refractivity contribution in [1.29, 1.82) is 0 Å². The first-order chi connectivity index (χ1) is 9.54. The van der Waals surface area contributed by atoms with E-state index in [9.17, 15) is 13.2 Å². The second kappa shape index (κ2) is 6.41. The van der Waals surface area contributed by atoms with E-state index < -0.39 is 23.5 Å². The molecule has 106 valence electrons. The molecule has 1 N–H and O–H groups in total. The summed E-state index contributed by atoms with van der Waals surface area (Å²) in [5.74, 6) is -2.38. The van der Waals surface area contributed by atoms with Gasteiger partial charge >= 0.3 is 0 Å². The Morgan fingerprint density at radius 2 is 1.80 bits per heavy atom. The van der Waals surface area contributed by atoms with Crippen LogP contribution in [0.1, 0.15) is 24.1 Å². The Labute approximate surface area is 123 Å². The van der Waals surface area contributed by atoms with Crippen LogP contribution in [0.3, 0.4) is 0 Å². The van der Waals surface area contributed by atoms with E-state index in [1.54, 1.807) is 12.1 Å². The highest BCUT2D eigenvalue weighted by molar-refractivity contribution is 9.10. The molecule has 5 heteroatoms. The first-order valence-corrected chi connectivity index (χ1v) is 6.96. The summed E-state index contributed by atoms with van der Waals surface area (Å²) in [4.78, 5) is 0. The van der Waals surface area contributed by atoms with Crippen molar-refractivity contribution < 1.29 is 13.2 Å².